The maximum absolute atomic E-state index is 2.36. The number of rotatable bonds is 3. The van der Waals surface area contributed by atoms with Crippen molar-refractivity contribution in [1.82, 2.24) is 4.57 Å². The molecule has 0 amide bonds. The summed E-state index contributed by atoms with van der Waals surface area (Å²) in [7, 11) is 0. The second kappa shape index (κ2) is 8.29. The Morgan fingerprint density at radius 1 is 0.447 bits per heavy atom. The Balaban J connectivity index is 1.16. The molecule has 178 valence electrons. The zero-order valence-corrected chi connectivity index (χ0v) is 20.8. The van der Waals surface area contributed by atoms with Crippen molar-refractivity contribution in [3.05, 3.63) is 157 Å². The van der Waals surface area contributed by atoms with E-state index in [1.165, 1.54) is 60.9 Å². The summed E-state index contributed by atoms with van der Waals surface area (Å²) in [5.74, 6) is 0. The molecule has 0 saturated carbocycles. The molecule has 0 unspecified atom stereocenters. The van der Waals surface area contributed by atoms with Gasteiger partial charge in [-0.15, -0.1) is 0 Å². The molecular weight excluding hydrogens is 460 g/mol. The summed E-state index contributed by atoms with van der Waals surface area (Å²) in [5, 5.41) is 2.57. The highest BCUT2D eigenvalue weighted by molar-refractivity contribution is 6.09. The van der Waals surface area contributed by atoms with Crippen molar-refractivity contribution in [3.63, 3.8) is 0 Å². The maximum atomic E-state index is 2.36. The van der Waals surface area contributed by atoms with Crippen LogP contribution in [0.1, 0.15) is 17.2 Å². The van der Waals surface area contributed by atoms with Gasteiger partial charge in [-0.1, -0.05) is 97.1 Å². The Bertz CT molecular complexity index is 1860. The van der Waals surface area contributed by atoms with Crippen LogP contribution in [0.5, 0.6) is 0 Å². The minimum absolute atomic E-state index is 0.203. The lowest BCUT2D eigenvalue weighted by Gasteiger charge is -2.11. The molecule has 0 radical (unpaired) electrons. The summed E-state index contributed by atoms with van der Waals surface area (Å²) in [6.45, 7) is 0. The van der Waals surface area contributed by atoms with E-state index < -0.39 is 0 Å². The molecule has 0 spiro atoms. The zero-order valence-electron chi connectivity index (χ0n) is 20.8. The van der Waals surface area contributed by atoms with Gasteiger partial charge < -0.3 is 4.57 Å². The van der Waals surface area contributed by atoms with E-state index in [9.17, 15) is 0 Å². The second-order valence-electron chi connectivity index (χ2n) is 10.0. The van der Waals surface area contributed by atoms with Crippen LogP contribution in [0.2, 0.25) is 0 Å². The summed E-state index contributed by atoms with van der Waals surface area (Å²) >= 11 is 0. The first-order valence-electron chi connectivity index (χ1n) is 13.1. The van der Waals surface area contributed by atoms with Crippen molar-refractivity contribution in [2.75, 3.05) is 0 Å². The predicted molar refractivity (Wildman–Crippen MR) is 156 cm³/mol. The van der Waals surface area contributed by atoms with E-state index in [1.54, 1.807) is 0 Å². The van der Waals surface area contributed by atoms with E-state index in [0.717, 1.165) is 0 Å². The standard InChI is InChI=1S/C36H25N2/c1-3-13-32-28(9-1)29-10-2-4-14-33(29)36(32)37-23-21-26(22-24-37)25-17-19-27(20-18-25)38-34-15-7-5-11-30(34)31-12-6-8-16-35(31)38/h1-24,36H/q+1. The van der Waals surface area contributed by atoms with E-state index in [0.29, 0.717) is 0 Å². The lowest BCUT2D eigenvalue weighted by molar-refractivity contribution is -0.704. The Labute approximate surface area is 221 Å². The highest BCUT2D eigenvalue weighted by Gasteiger charge is 2.34. The zero-order chi connectivity index (χ0) is 25.1. The van der Waals surface area contributed by atoms with Gasteiger partial charge in [-0.3, -0.25) is 0 Å². The topological polar surface area (TPSA) is 8.81 Å². The number of fused-ring (bicyclic) bond motifs is 6. The minimum atomic E-state index is 0.203. The van der Waals surface area contributed by atoms with Crippen molar-refractivity contribution in [1.29, 1.82) is 0 Å². The van der Waals surface area contributed by atoms with E-state index in [1.807, 2.05) is 0 Å². The van der Waals surface area contributed by atoms with Gasteiger partial charge in [0.15, 0.2) is 12.4 Å². The summed E-state index contributed by atoms with van der Waals surface area (Å²) in [4.78, 5) is 0. The Kier molecular flexibility index (Phi) is 4.62. The van der Waals surface area contributed by atoms with Crippen LogP contribution in [-0.2, 0) is 0 Å². The van der Waals surface area contributed by atoms with Crippen molar-refractivity contribution < 1.29 is 4.57 Å². The average Bonchev–Trinajstić information content (AvgIpc) is 3.51. The SMILES string of the molecule is c1ccc2c(c1)-c1ccccc1C2[n+]1ccc(-c2ccc(-n3c4ccccc4c4ccccc43)cc2)cc1. The molecule has 0 bridgehead atoms. The third-order valence-corrected chi connectivity index (χ3v) is 7.99. The third kappa shape index (κ3) is 3.10. The van der Waals surface area contributed by atoms with Crippen molar-refractivity contribution in [3.8, 4) is 27.9 Å². The molecule has 2 heteroatoms. The van der Waals surface area contributed by atoms with Gasteiger partial charge in [0.05, 0.1) is 11.0 Å². The summed E-state index contributed by atoms with van der Waals surface area (Å²) in [6, 6.07) is 48.5. The van der Waals surface area contributed by atoms with E-state index >= 15 is 0 Å². The maximum Gasteiger partial charge on any atom is 0.210 e. The summed E-state index contributed by atoms with van der Waals surface area (Å²) in [5.41, 5.74) is 11.5. The summed E-state index contributed by atoms with van der Waals surface area (Å²) < 4.78 is 4.70. The molecule has 5 aromatic carbocycles. The van der Waals surface area contributed by atoms with Gasteiger partial charge in [-0.05, 0) is 46.5 Å². The number of aromatic nitrogens is 2. The quantitative estimate of drug-likeness (QED) is 0.222. The molecule has 1 aliphatic carbocycles. The second-order valence-corrected chi connectivity index (χ2v) is 10.0. The van der Waals surface area contributed by atoms with Gasteiger partial charge in [0.25, 0.3) is 0 Å². The van der Waals surface area contributed by atoms with Gasteiger partial charge in [-0.25, -0.2) is 0 Å². The van der Waals surface area contributed by atoms with Crippen LogP contribution in [0.4, 0.5) is 0 Å². The first kappa shape index (κ1) is 21.2. The Morgan fingerprint density at radius 3 is 1.50 bits per heavy atom. The summed E-state index contributed by atoms with van der Waals surface area (Å²) in [6.07, 6.45) is 4.44. The first-order valence-corrected chi connectivity index (χ1v) is 13.1. The molecular formula is C36H25N2+. The van der Waals surface area contributed by atoms with Crippen molar-refractivity contribution in [2.45, 2.75) is 6.04 Å². The van der Waals surface area contributed by atoms with Crippen LogP contribution in [-0.4, -0.2) is 4.57 Å². The van der Waals surface area contributed by atoms with Gasteiger partial charge in [-0.2, -0.15) is 4.57 Å². The number of nitrogens with zero attached hydrogens (tertiary/aromatic N) is 2. The molecule has 0 aliphatic heterocycles. The lowest BCUT2D eigenvalue weighted by Crippen LogP contribution is -2.38. The molecule has 2 nitrogen and oxygen atoms in total. The van der Waals surface area contributed by atoms with Crippen LogP contribution >= 0.6 is 0 Å². The first-order chi connectivity index (χ1) is 18.9. The predicted octanol–water partition coefficient (Wildman–Crippen LogP) is 8.36. The Morgan fingerprint density at radius 2 is 0.921 bits per heavy atom. The lowest BCUT2D eigenvalue weighted by atomic mass is 10.0. The molecule has 8 rings (SSSR count). The van der Waals surface area contributed by atoms with E-state index in [4.69, 9.17) is 0 Å². The normalized spacial score (nSPS) is 12.6. The fraction of sp³-hybridized carbons (Fsp3) is 0.0278. The van der Waals surface area contributed by atoms with Crippen LogP contribution in [0.15, 0.2) is 146 Å². The van der Waals surface area contributed by atoms with E-state index in [2.05, 4.69) is 155 Å². The van der Waals surface area contributed by atoms with Gasteiger partial charge in [0, 0.05) is 39.7 Å². The van der Waals surface area contributed by atoms with Crippen LogP contribution in [0, 0.1) is 0 Å². The Hall–Kier alpha value is -4.95. The number of hydrogen-bond acceptors (Lipinski definition) is 0. The number of hydrogen-bond donors (Lipinski definition) is 0. The molecule has 0 fully saturated rings. The largest absolute Gasteiger partial charge is 0.309 e. The fourth-order valence-corrected chi connectivity index (χ4v) is 6.26. The van der Waals surface area contributed by atoms with Crippen molar-refractivity contribution >= 4 is 21.8 Å². The minimum Gasteiger partial charge on any atom is -0.309 e. The number of pyridine rings is 1. The van der Waals surface area contributed by atoms with Gasteiger partial charge >= 0.3 is 0 Å². The molecule has 0 N–H and O–H groups in total. The smallest absolute Gasteiger partial charge is 0.210 e. The molecule has 2 aromatic heterocycles. The molecule has 1 aliphatic rings. The molecule has 2 heterocycles. The number of para-hydroxylation sites is 2. The van der Waals surface area contributed by atoms with Crippen LogP contribution < -0.4 is 4.57 Å². The monoisotopic (exact) mass is 485 g/mol. The van der Waals surface area contributed by atoms with Gasteiger partial charge in [0.1, 0.15) is 0 Å². The average molecular weight is 486 g/mol. The highest BCUT2D eigenvalue weighted by Crippen LogP contribution is 2.42. The van der Waals surface area contributed by atoms with E-state index in [-0.39, 0.29) is 6.04 Å². The highest BCUT2D eigenvalue weighted by atomic mass is 15.0. The number of benzene rings is 5. The molecule has 38 heavy (non-hydrogen) atoms. The molecule has 7 aromatic rings. The molecule has 0 atom stereocenters. The fourth-order valence-electron chi connectivity index (χ4n) is 6.26. The van der Waals surface area contributed by atoms with Crippen LogP contribution in [0.3, 0.4) is 0 Å². The van der Waals surface area contributed by atoms with Crippen LogP contribution in [0.25, 0.3) is 49.7 Å². The third-order valence-electron chi connectivity index (χ3n) is 7.99. The molecule has 0 saturated heterocycles. The van der Waals surface area contributed by atoms with Crippen molar-refractivity contribution in [2.24, 2.45) is 0 Å². The van der Waals surface area contributed by atoms with Gasteiger partial charge in [0.2, 0.25) is 6.04 Å².